The van der Waals surface area contributed by atoms with Gasteiger partial charge in [-0.2, -0.15) is 12.8 Å². The molecule has 0 atom stereocenters. The molecular formula is C7H5F2NO5S. The van der Waals surface area contributed by atoms with Crippen LogP contribution in [0, 0.1) is 15.9 Å². The lowest BCUT2D eigenvalue weighted by atomic mass is 10.3. The van der Waals surface area contributed by atoms with E-state index in [4.69, 9.17) is 0 Å². The molecule has 0 bridgehead atoms. The molecule has 0 aromatic heterocycles. The maximum absolute atomic E-state index is 13.0. The van der Waals surface area contributed by atoms with E-state index in [0.717, 1.165) is 12.1 Å². The second-order valence-electron chi connectivity index (χ2n) is 2.62. The van der Waals surface area contributed by atoms with Gasteiger partial charge in [-0.1, -0.05) is 0 Å². The zero-order valence-electron chi connectivity index (χ0n) is 7.59. The summed E-state index contributed by atoms with van der Waals surface area (Å²) in [6.45, 7) is 0. The molecular weight excluding hydrogens is 248 g/mol. The fourth-order valence-electron chi connectivity index (χ4n) is 0.856. The number of nitrogens with zero attached hydrogens (tertiary/aromatic N) is 1. The van der Waals surface area contributed by atoms with Crippen LogP contribution < -0.4 is 4.18 Å². The molecule has 0 fully saturated rings. The Morgan fingerprint density at radius 3 is 2.50 bits per heavy atom. The summed E-state index contributed by atoms with van der Waals surface area (Å²) in [6, 6.07) is 0.295. The predicted octanol–water partition coefficient (Wildman–Crippen LogP) is 1.37. The Labute approximate surface area is 88.7 Å². The third kappa shape index (κ3) is 2.86. The van der Waals surface area contributed by atoms with E-state index in [1.54, 1.807) is 0 Å². The molecule has 1 rings (SSSR count). The third-order valence-electron chi connectivity index (χ3n) is 1.47. The second kappa shape index (κ2) is 4.39. The summed E-state index contributed by atoms with van der Waals surface area (Å²) in [7, 11) is -4.43. The average Bonchev–Trinajstić information content (AvgIpc) is 2.16. The maximum Gasteiger partial charge on any atom is 0.339 e. The van der Waals surface area contributed by atoms with Gasteiger partial charge in [-0.15, -0.1) is 0 Å². The summed E-state index contributed by atoms with van der Waals surface area (Å²) in [6.07, 6.45) is 0. The van der Waals surface area contributed by atoms with Crippen LogP contribution in [0.4, 0.5) is 14.5 Å². The summed E-state index contributed by atoms with van der Waals surface area (Å²) in [5.41, 5.74) is -0.829. The fraction of sp³-hybridized carbons (Fsp3) is 0.143. The van der Waals surface area contributed by atoms with Gasteiger partial charge < -0.3 is 4.18 Å². The Hall–Kier alpha value is -1.77. The number of alkyl halides is 1. The van der Waals surface area contributed by atoms with Gasteiger partial charge in [-0.25, -0.2) is 4.39 Å². The molecule has 0 spiro atoms. The van der Waals surface area contributed by atoms with Gasteiger partial charge in [0.2, 0.25) is 11.8 Å². The summed E-state index contributed by atoms with van der Waals surface area (Å²) in [5, 5.41) is 10.2. The van der Waals surface area contributed by atoms with Crippen LogP contribution in [0.25, 0.3) is 0 Å². The molecule has 0 aliphatic rings. The first-order valence-corrected chi connectivity index (χ1v) is 5.35. The van der Waals surface area contributed by atoms with Crippen LogP contribution in [0.15, 0.2) is 18.2 Å². The maximum atomic E-state index is 13.0. The molecule has 88 valence electrons. The highest BCUT2D eigenvalue weighted by molar-refractivity contribution is 7.86. The topological polar surface area (TPSA) is 86.5 Å². The highest BCUT2D eigenvalue weighted by Crippen LogP contribution is 2.23. The number of nitro groups is 1. The number of rotatable bonds is 4. The minimum absolute atomic E-state index is 0.491. The number of benzene rings is 1. The summed E-state index contributed by atoms with van der Waals surface area (Å²) < 4.78 is 50.2. The van der Waals surface area contributed by atoms with Crippen molar-refractivity contribution in [2.24, 2.45) is 0 Å². The van der Waals surface area contributed by atoms with Crippen LogP contribution in [0.3, 0.4) is 0 Å². The van der Waals surface area contributed by atoms with E-state index in [1.807, 2.05) is 0 Å². The lowest BCUT2D eigenvalue weighted by Gasteiger charge is -2.03. The van der Waals surface area contributed by atoms with Gasteiger partial charge >= 0.3 is 15.8 Å². The van der Waals surface area contributed by atoms with Gasteiger partial charge in [0.15, 0.2) is 0 Å². The number of halogens is 2. The van der Waals surface area contributed by atoms with Crippen molar-refractivity contribution in [2.75, 3.05) is 6.01 Å². The quantitative estimate of drug-likeness (QED) is 0.459. The Morgan fingerprint density at radius 2 is 2.06 bits per heavy atom. The first-order chi connectivity index (χ1) is 7.35. The van der Waals surface area contributed by atoms with Crippen molar-refractivity contribution in [1.29, 1.82) is 0 Å². The summed E-state index contributed by atoms with van der Waals surface area (Å²) in [4.78, 5) is 9.24. The van der Waals surface area contributed by atoms with Crippen LogP contribution in [0.1, 0.15) is 0 Å². The number of hydrogen-bond acceptors (Lipinski definition) is 5. The summed E-state index contributed by atoms with van der Waals surface area (Å²) in [5.74, 6) is -1.79. The highest BCUT2D eigenvalue weighted by atomic mass is 32.2. The average molecular weight is 253 g/mol. The van der Waals surface area contributed by atoms with E-state index in [1.165, 1.54) is 0 Å². The van der Waals surface area contributed by atoms with Crippen molar-refractivity contribution in [2.45, 2.75) is 0 Å². The van der Waals surface area contributed by atoms with Gasteiger partial charge in [-0.05, 0) is 6.07 Å². The Kier molecular flexibility index (Phi) is 3.38. The molecule has 0 unspecified atom stereocenters. The zero-order chi connectivity index (χ0) is 12.3. The van der Waals surface area contributed by atoms with Crippen molar-refractivity contribution in [1.82, 2.24) is 0 Å². The SMILES string of the molecule is O=[N+]([O-])c1ccc(OS(=O)(=O)CF)cc1F. The molecule has 9 heteroatoms. The highest BCUT2D eigenvalue weighted by Gasteiger charge is 2.17. The van der Waals surface area contributed by atoms with Crippen LogP contribution in [-0.2, 0) is 10.1 Å². The van der Waals surface area contributed by atoms with E-state index in [0.29, 0.717) is 6.07 Å². The van der Waals surface area contributed by atoms with Crippen LogP contribution >= 0.6 is 0 Å². The van der Waals surface area contributed by atoms with Crippen molar-refractivity contribution in [3.63, 3.8) is 0 Å². The molecule has 0 saturated carbocycles. The molecule has 0 aliphatic carbocycles. The molecule has 0 radical (unpaired) electrons. The van der Waals surface area contributed by atoms with Crippen molar-refractivity contribution >= 4 is 15.8 Å². The van der Waals surface area contributed by atoms with E-state index in [9.17, 15) is 27.3 Å². The first-order valence-electron chi connectivity index (χ1n) is 3.78. The third-order valence-corrected chi connectivity index (χ3v) is 2.19. The van der Waals surface area contributed by atoms with Crippen LogP contribution in [-0.4, -0.2) is 19.3 Å². The zero-order valence-corrected chi connectivity index (χ0v) is 8.41. The lowest BCUT2D eigenvalue weighted by Crippen LogP contribution is -2.10. The Bertz CT molecular complexity index is 516. The molecule has 0 saturated heterocycles. The van der Waals surface area contributed by atoms with Gasteiger partial charge in [0.05, 0.1) is 4.92 Å². The number of nitro benzene ring substituents is 1. The van der Waals surface area contributed by atoms with Gasteiger partial charge in [-0.3, -0.25) is 10.1 Å². The molecule has 0 aliphatic heterocycles. The van der Waals surface area contributed by atoms with Gasteiger partial charge in [0, 0.05) is 12.1 Å². The standard InChI is InChI=1S/C7H5F2NO5S/c8-4-16(13,14)15-5-1-2-7(10(11)12)6(9)3-5/h1-3H,4H2. The smallest absolute Gasteiger partial charge is 0.339 e. The van der Waals surface area contributed by atoms with Crippen LogP contribution in [0.5, 0.6) is 5.75 Å². The molecule has 6 nitrogen and oxygen atoms in total. The Balaban J connectivity index is 3.03. The first kappa shape index (κ1) is 12.3. The molecule has 0 N–H and O–H groups in total. The minimum Gasteiger partial charge on any atom is -0.380 e. The molecule has 1 aromatic rings. The van der Waals surface area contributed by atoms with Crippen molar-refractivity contribution in [3.05, 3.63) is 34.1 Å². The van der Waals surface area contributed by atoms with E-state index < -0.39 is 38.3 Å². The van der Waals surface area contributed by atoms with E-state index in [-0.39, 0.29) is 0 Å². The van der Waals surface area contributed by atoms with Gasteiger partial charge in [0.25, 0.3) is 0 Å². The fourth-order valence-corrected chi connectivity index (χ4v) is 1.30. The van der Waals surface area contributed by atoms with E-state index >= 15 is 0 Å². The van der Waals surface area contributed by atoms with Crippen LogP contribution in [0.2, 0.25) is 0 Å². The lowest BCUT2D eigenvalue weighted by molar-refractivity contribution is -0.387. The van der Waals surface area contributed by atoms with Gasteiger partial charge in [0.1, 0.15) is 5.75 Å². The number of hydrogen-bond donors (Lipinski definition) is 0. The second-order valence-corrected chi connectivity index (χ2v) is 4.12. The molecule has 16 heavy (non-hydrogen) atoms. The summed E-state index contributed by atoms with van der Waals surface area (Å²) >= 11 is 0. The molecule has 0 heterocycles. The normalized spacial score (nSPS) is 11.1. The largest absolute Gasteiger partial charge is 0.380 e. The molecule has 0 amide bonds. The van der Waals surface area contributed by atoms with Crippen molar-refractivity contribution < 1.29 is 26.3 Å². The van der Waals surface area contributed by atoms with Crippen molar-refractivity contribution in [3.8, 4) is 5.75 Å². The van der Waals surface area contributed by atoms with E-state index in [2.05, 4.69) is 4.18 Å². The minimum atomic E-state index is -4.43. The molecule has 1 aromatic carbocycles. The monoisotopic (exact) mass is 253 g/mol. The Morgan fingerprint density at radius 1 is 1.44 bits per heavy atom. The predicted molar refractivity (Wildman–Crippen MR) is 48.6 cm³/mol.